The van der Waals surface area contributed by atoms with Crippen LogP contribution in [0.2, 0.25) is 0 Å². The lowest BCUT2D eigenvalue weighted by molar-refractivity contribution is 0.248. The highest BCUT2D eigenvalue weighted by atomic mass is 15.5. The standard InChI is InChI=1S/C28H31N3/c1-7-21-20-15-11-12-16-22(20)31-25-23(17-18-24(29-25)27(2,3)4)30(26(31)28(21,5)6)19-13-9-8-10-14-19/h7-18,21,26H,1H2,2-6H3. The SMILES string of the molecule is C=CC1c2ccccc2N2c3nc(C(C)(C)C)ccc3N(c3ccccc3)C2C1(C)C. The lowest BCUT2D eigenvalue weighted by atomic mass is 9.69. The molecule has 0 saturated carbocycles. The molecule has 0 fully saturated rings. The third-order valence-electron chi connectivity index (χ3n) is 6.87. The van der Waals surface area contributed by atoms with E-state index in [4.69, 9.17) is 4.98 Å². The quantitative estimate of drug-likeness (QED) is 0.414. The number of pyridine rings is 1. The number of rotatable bonds is 2. The van der Waals surface area contributed by atoms with Gasteiger partial charge in [-0.15, -0.1) is 6.58 Å². The highest BCUT2D eigenvalue weighted by Crippen LogP contribution is 2.60. The van der Waals surface area contributed by atoms with Gasteiger partial charge >= 0.3 is 0 Å². The molecule has 3 heterocycles. The second-order valence-electron chi connectivity index (χ2n) is 10.3. The van der Waals surface area contributed by atoms with Crippen LogP contribution in [0.15, 0.2) is 79.4 Å². The summed E-state index contributed by atoms with van der Waals surface area (Å²) in [5.41, 5.74) is 5.92. The van der Waals surface area contributed by atoms with Crippen molar-refractivity contribution in [1.29, 1.82) is 0 Å². The minimum absolute atomic E-state index is 0.0147. The lowest BCUT2D eigenvalue weighted by Crippen LogP contribution is -2.54. The first kappa shape index (κ1) is 19.9. The molecule has 0 saturated heterocycles. The van der Waals surface area contributed by atoms with Crippen molar-refractivity contribution in [3.63, 3.8) is 0 Å². The van der Waals surface area contributed by atoms with Crippen molar-refractivity contribution in [1.82, 2.24) is 4.98 Å². The minimum Gasteiger partial charge on any atom is -0.316 e. The number of allylic oxidation sites excluding steroid dienone is 1. The van der Waals surface area contributed by atoms with Crippen LogP contribution >= 0.6 is 0 Å². The zero-order valence-electron chi connectivity index (χ0n) is 19.1. The Labute approximate surface area is 186 Å². The third-order valence-corrected chi connectivity index (χ3v) is 6.87. The summed E-state index contributed by atoms with van der Waals surface area (Å²) in [5.74, 6) is 1.29. The lowest BCUT2D eigenvalue weighted by Gasteiger charge is -2.51. The zero-order chi connectivity index (χ0) is 22.0. The van der Waals surface area contributed by atoms with Gasteiger partial charge in [0.1, 0.15) is 6.17 Å². The predicted octanol–water partition coefficient (Wildman–Crippen LogP) is 7.30. The number of nitrogens with zero attached hydrogens (tertiary/aromatic N) is 3. The van der Waals surface area contributed by atoms with Gasteiger partial charge in [0.2, 0.25) is 0 Å². The van der Waals surface area contributed by atoms with E-state index >= 15 is 0 Å². The first-order valence-electron chi connectivity index (χ1n) is 11.1. The van der Waals surface area contributed by atoms with Crippen LogP contribution in [0.5, 0.6) is 0 Å². The van der Waals surface area contributed by atoms with Gasteiger partial charge in [-0.2, -0.15) is 0 Å². The van der Waals surface area contributed by atoms with Crippen molar-refractivity contribution in [2.45, 2.75) is 52.1 Å². The summed E-state index contributed by atoms with van der Waals surface area (Å²) in [6.07, 6.45) is 2.22. The van der Waals surface area contributed by atoms with Gasteiger partial charge in [0, 0.05) is 33.8 Å². The molecule has 3 aromatic rings. The Hall–Kier alpha value is -3.07. The molecule has 0 aliphatic carbocycles. The summed E-state index contributed by atoms with van der Waals surface area (Å²) in [6, 6.07) is 23.9. The third kappa shape index (κ3) is 2.83. The van der Waals surface area contributed by atoms with Crippen LogP contribution in [0.3, 0.4) is 0 Å². The summed E-state index contributed by atoms with van der Waals surface area (Å²) in [4.78, 5) is 10.2. The molecule has 2 aliphatic heterocycles. The first-order valence-corrected chi connectivity index (χ1v) is 11.1. The van der Waals surface area contributed by atoms with Crippen LogP contribution < -0.4 is 9.80 Å². The molecule has 0 spiro atoms. The molecule has 0 bridgehead atoms. The van der Waals surface area contributed by atoms with Crippen molar-refractivity contribution in [2.75, 3.05) is 9.80 Å². The molecule has 0 N–H and O–H groups in total. The molecular weight excluding hydrogens is 378 g/mol. The number of hydrogen-bond donors (Lipinski definition) is 0. The Morgan fingerprint density at radius 1 is 0.871 bits per heavy atom. The van der Waals surface area contributed by atoms with E-state index in [1.165, 1.54) is 16.9 Å². The van der Waals surface area contributed by atoms with Crippen LogP contribution in [0.1, 0.15) is 51.8 Å². The maximum Gasteiger partial charge on any atom is 0.159 e. The summed E-state index contributed by atoms with van der Waals surface area (Å²) < 4.78 is 0. The molecule has 2 aromatic carbocycles. The van der Waals surface area contributed by atoms with Gasteiger partial charge in [0.25, 0.3) is 0 Å². The molecule has 2 aliphatic rings. The van der Waals surface area contributed by atoms with E-state index in [0.717, 1.165) is 17.2 Å². The molecule has 1 aromatic heterocycles. The maximum absolute atomic E-state index is 5.26. The summed E-state index contributed by atoms with van der Waals surface area (Å²) in [5, 5.41) is 0. The number of benzene rings is 2. The van der Waals surface area contributed by atoms with Crippen molar-refractivity contribution >= 4 is 22.9 Å². The molecule has 2 atom stereocenters. The van der Waals surface area contributed by atoms with E-state index < -0.39 is 0 Å². The van der Waals surface area contributed by atoms with Crippen molar-refractivity contribution < 1.29 is 0 Å². The fraction of sp³-hybridized carbons (Fsp3) is 0.321. The monoisotopic (exact) mass is 409 g/mol. The molecule has 0 radical (unpaired) electrons. The first-order chi connectivity index (χ1) is 14.7. The molecule has 2 unspecified atom stereocenters. The number of anilines is 4. The van der Waals surface area contributed by atoms with Gasteiger partial charge in [-0.25, -0.2) is 4.98 Å². The molecule has 0 amide bonds. The molecular formula is C28H31N3. The van der Waals surface area contributed by atoms with Crippen LogP contribution in [-0.4, -0.2) is 11.1 Å². The van der Waals surface area contributed by atoms with Gasteiger partial charge < -0.3 is 9.80 Å². The molecule has 31 heavy (non-hydrogen) atoms. The molecule has 5 rings (SSSR count). The average molecular weight is 410 g/mol. The van der Waals surface area contributed by atoms with Crippen LogP contribution in [0, 0.1) is 5.41 Å². The summed E-state index contributed by atoms with van der Waals surface area (Å²) >= 11 is 0. The Balaban J connectivity index is 1.83. The second-order valence-corrected chi connectivity index (χ2v) is 10.3. The van der Waals surface area contributed by atoms with Gasteiger partial charge in [0.15, 0.2) is 5.82 Å². The van der Waals surface area contributed by atoms with Crippen LogP contribution in [0.25, 0.3) is 0 Å². The summed E-state index contributed by atoms with van der Waals surface area (Å²) in [6.45, 7) is 15.6. The van der Waals surface area contributed by atoms with Crippen molar-refractivity contribution in [3.8, 4) is 0 Å². The van der Waals surface area contributed by atoms with Gasteiger partial charge in [-0.1, -0.05) is 77.1 Å². The van der Waals surface area contributed by atoms with E-state index in [9.17, 15) is 0 Å². The Bertz CT molecular complexity index is 1140. The maximum atomic E-state index is 5.26. The second kappa shape index (κ2) is 6.71. The highest BCUT2D eigenvalue weighted by Gasteiger charge is 2.54. The Morgan fingerprint density at radius 3 is 2.23 bits per heavy atom. The fourth-order valence-electron chi connectivity index (χ4n) is 5.33. The minimum atomic E-state index is -0.0887. The van der Waals surface area contributed by atoms with E-state index in [-0.39, 0.29) is 22.9 Å². The van der Waals surface area contributed by atoms with Crippen LogP contribution in [-0.2, 0) is 5.41 Å². The Kier molecular flexibility index (Phi) is 4.30. The highest BCUT2D eigenvalue weighted by molar-refractivity contribution is 5.88. The summed E-state index contributed by atoms with van der Waals surface area (Å²) in [7, 11) is 0. The van der Waals surface area contributed by atoms with E-state index in [2.05, 4.69) is 124 Å². The number of hydrogen-bond acceptors (Lipinski definition) is 3. The van der Waals surface area contributed by atoms with E-state index in [1.807, 2.05) is 0 Å². The van der Waals surface area contributed by atoms with Crippen molar-refractivity contribution in [3.05, 3.63) is 90.6 Å². The normalized spacial score (nSPS) is 21.3. The van der Waals surface area contributed by atoms with Crippen LogP contribution in [0.4, 0.5) is 22.9 Å². The number of aromatic nitrogens is 1. The molecule has 3 nitrogen and oxygen atoms in total. The van der Waals surface area contributed by atoms with E-state index in [1.54, 1.807) is 0 Å². The molecule has 158 valence electrons. The van der Waals surface area contributed by atoms with Gasteiger partial charge in [-0.05, 0) is 35.9 Å². The Morgan fingerprint density at radius 2 is 1.55 bits per heavy atom. The largest absolute Gasteiger partial charge is 0.316 e. The smallest absolute Gasteiger partial charge is 0.159 e. The number of fused-ring (bicyclic) bond motifs is 5. The van der Waals surface area contributed by atoms with E-state index in [0.29, 0.717) is 0 Å². The topological polar surface area (TPSA) is 19.4 Å². The molecule has 3 heteroatoms. The zero-order valence-corrected chi connectivity index (χ0v) is 19.1. The van der Waals surface area contributed by atoms with Crippen molar-refractivity contribution in [2.24, 2.45) is 5.41 Å². The average Bonchev–Trinajstić information content (AvgIpc) is 3.10. The van der Waals surface area contributed by atoms with Gasteiger partial charge in [-0.3, -0.25) is 0 Å². The fourth-order valence-corrected chi connectivity index (χ4v) is 5.33. The predicted molar refractivity (Wildman–Crippen MR) is 131 cm³/mol. The number of para-hydroxylation sites is 2. The van der Waals surface area contributed by atoms with Gasteiger partial charge in [0.05, 0.1) is 5.69 Å².